The molecule has 0 saturated heterocycles. The van der Waals surface area contributed by atoms with Crippen LogP contribution in [0.2, 0.25) is 0 Å². The molecule has 1 amide bonds. The van der Waals surface area contributed by atoms with Crippen LogP contribution in [-0.2, 0) is 17.8 Å². The van der Waals surface area contributed by atoms with Crippen molar-refractivity contribution in [3.63, 3.8) is 0 Å². The van der Waals surface area contributed by atoms with E-state index in [1.54, 1.807) is 12.3 Å². The van der Waals surface area contributed by atoms with Gasteiger partial charge in [0.05, 0.1) is 11.7 Å². The Bertz CT molecular complexity index is 692. The molecule has 0 spiro atoms. The Morgan fingerprint density at radius 1 is 1.45 bits per heavy atom. The molecule has 0 radical (unpaired) electrons. The van der Waals surface area contributed by atoms with Gasteiger partial charge in [-0.1, -0.05) is 12.1 Å². The third kappa shape index (κ3) is 2.63. The van der Waals surface area contributed by atoms with E-state index in [4.69, 9.17) is 5.73 Å². The van der Waals surface area contributed by atoms with Gasteiger partial charge in [0, 0.05) is 19.8 Å². The lowest BCUT2D eigenvalue weighted by molar-refractivity contribution is -0.125. The summed E-state index contributed by atoms with van der Waals surface area (Å²) in [5.74, 6) is 0.299. The van der Waals surface area contributed by atoms with Gasteiger partial charge in [-0.25, -0.2) is 0 Å². The second kappa shape index (κ2) is 5.70. The second-order valence-electron chi connectivity index (χ2n) is 5.36. The minimum Gasteiger partial charge on any atom is -0.354 e. The van der Waals surface area contributed by atoms with E-state index in [2.05, 4.69) is 10.2 Å². The van der Waals surface area contributed by atoms with E-state index in [9.17, 15) is 10.0 Å². The average molecular weight is 299 g/mol. The molecule has 3 rings (SSSR count). The van der Waals surface area contributed by atoms with Gasteiger partial charge in [0.1, 0.15) is 0 Å². The summed E-state index contributed by atoms with van der Waals surface area (Å²) in [6.45, 7) is 0.639. The average Bonchev–Trinajstić information content (AvgIpc) is 2.53. The molecule has 0 unspecified atom stereocenters. The molecule has 0 aliphatic carbocycles. The van der Waals surface area contributed by atoms with Crippen LogP contribution in [0, 0.1) is 0 Å². The van der Waals surface area contributed by atoms with Gasteiger partial charge in [-0.15, -0.1) is 5.10 Å². The third-order valence-corrected chi connectivity index (χ3v) is 3.71. The second-order valence-corrected chi connectivity index (χ2v) is 5.36. The number of nitrogens with two attached hydrogens (primary N) is 1. The molecule has 7 nitrogen and oxygen atoms in total. The van der Waals surface area contributed by atoms with Gasteiger partial charge in [-0.2, -0.15) is 10.2 Å². The van der Waals surface area contributed by atoms with E-state index < -0.39 is 11.9 Å². The lowest BCUT2D eigenvalue weighted by atomic mass is 9.97. The van der Waals surface area contributed by atoms with E-state index in [1.807, 2.05) is 36.2 Å². The summed E-state index contributed by atoms with van der Waals surface area (Å²) in [5.41, 5.74) is 8.15. The molecular weight excluding hydrogens is 282 g/mol. The molecule has 0 bridgehead atoms. The van der Waals surface area contributed by atoms with Crippen LogP contribution in [-0.4, -0.2) is 34.4 Å². The lowest BCUT2D eigenvalue weighted by Gasteiger charge is -2.28. The molecular formula is C15H17N5O2. The molecule has 1 aromatic carbocycles. The fraction of sp³-hybridized carbons (Fsp3) is 0.267. The van der Waals surface area contributed by atoms with E-state index in [0.29, 0.717) is 23.7 Å². The SMILES string of the molecule is CN(Cc1ccc2c(c1)C[C@H](N)C(=O)N2O)c1cccnn1. The zero-order valence-electron chi connectivity index (χ0n) is 12.2. The number of benzene rings is 1. The highest BCUT2D eigenvalue weighted by Gasteiger charge is 2.29. The molecule has 1 aromatic heterocycles. The number of fused-ring (bicyclic) bond motifs is 1. The Morgan fingerprint density at radius 2 is 2.27 bits per heavy atom. The van der Waals surface area contributed by atoms with Crippen molar-refractivity contribution in [2.45, 2.75) is 19.0 Å². The molecule has 1 aliphatic heterocycles. The molecule has 2 heterocycles. The van der Waals surface area contributed by atoms with Gasteiger partial charge < -0.3 is 10.6 Å². The van der Waals surface area contributed by atoms with Gasteiger partial charge in [0.15, 0.2) is 5.82 Å². The van der Waals surface area contributed by atoms with Crippen molar-refractivity contribution >= 4 is 17.4 Å². The first-order valence-electron chi connectivity index (χ1n) is 6.95. The number of hydroxylamine groups is 1. The van der Waals surface area contributed by atoms with Gasteiger partial charge in [0.2, 0.25) is 0 Å². The first-order chi connectivity index (χ1) is 10.6. The third-order valence-electron chi connectivity index (χ3n) is 3.71. The van der Waals surface area contributed by atoms with E-state index in [-0.39, 0.29) is 0 Å². The van der Waals surface area contributed by atoms with E-state index >= 15 is 0 Å². The van der Waals surface area contributed by atoms with Crippen molar-refractivity contribution in [2.24, 2.45) is 5.73 Å². The Kier molecular flexibility index (Phi) is 3.74. The highest BCUT2D eigenvalue weighted by molar-refractivity contribution is 5.98. The molecule has 1 atom stereocenters. The fourth-order valence-corrected chi connectivity index (χ4v) is 2.56. The van der Waals surface area contributed by atoms with E-state index in [0.717, 1.165) is 16.9 Å². The number of amides is 1. The van der Waals surface area contributed by atoms with Crippen molar-refractivity contribution in [2.75, 3.05) is 17.0 Å². The summed E-state index contributed by atoms with van der Waals surface area (Å²) in [6.07, 6.45) is 2.05. The molecule has 114 valence electrons. The summed E-state index contributed by atoms with van der Waals surface area (Å²) in [4.78, 5) is 13.6. The first kappa shape index (κ1) is 14.4. The van der Waals surface area contributed by atoms with Crippen molar-refractivity contribution in [3.05, 3.63) is 47.7 Å². The summed E-state index contributed by atoms with van der Waals surface area (Å²) in [6, 6.07) is 8.58. The molecule has 0 saturated carbocycles. The van der Waals surface area contributed by atoms with Gasteiger partial charge in [-0.3, -0.25) is 10.0 Å². The van der Waals surface area contributed by atoms with Gasteiger partial charge in [-0.05, 0) is 35.7 Å². The minimum atomic E-state index is -0.703. The highest BCUT2D eigenvalue weighted by Crippen LogP contribution is 2.27. The van der Waals surface area contributed by atoms with Crippen LogP contribution in [0.5, 0.6) is 0 Å². The number of rotatable bonds is 3. The van der Waals surface area contributed by atoms with Crippen LogP contribution in [0.3, 0.4) is 0 Å². The number of nitrogens with zero attached hydrogens (tertiary/aromatic N) is 4. The van der Waals surface area contributed by atoms with Crippen LogP contribution < -0.4 is 15.7 Å². The standard InChI is InChI=1S/C15H17N5O2/c1-19(14-3-2-6-17-18-14)9-10-4-5-13-11(7-10)8-12(16)15(21)20(13)22/h2-7,12,22H,8-9,16H2,1H3/t12-/m0/s1. The zero-order valence-corrected chi connectivity index (χ0v) is 12.2. The smallest absolute Gasteiger partial charge is 0.267 e. The summed E-state index contributed by atoms with van der Waals surface area (Å²) in [7, 11) is 1.93. The predicted octanol–water partition coefficient (Wildman–Crippen LogP) is 0.719. The molecule has 3 N–H and O–H groups in total. The van der Waals surface area contributed by atoms with Crippen molar-refractivity contribution in [1.82, 2.24) is 10.2 Å². The summed E-state index contributed by atoms with van der Waals surface area (Å²) >= 11 is 0. The molecule has 2 aromatic rings. The highest BCUT2D eigenvalue weighted by atomic mass is 16.5. The maximum absolute atomic E-state index is 11.7. The van der Waals surface area contributed by atoms with Crippen molar-refractivity contribution < 1.29 is 10.0 Å². The largest absolute Gasteiger partial charge is 0.354 e. The zero-order chi connectivity index (χ0) is 15.7. The Hall–Kier alpha value is -2.51. The lowest BCUT2D eigenvalue weighted by Crippen LogP contribution is -2.47. The monoisotopic (exact) mass is 299 g/mol. The predicted molar refractivity (Wildman–Crippen MR) is 81.5 cm³/mol. The molecule has 1 aliphatic rings. The number of anilines is 2. The topological polar surface area (TPSA) is 95.6 Å². The van der Waals surface area contributed by atoms with Crippen LogP contribution in [0.4, 0.5) is 11.5 Å². The van der Waals surface area contributed by atoms with Crippen LogP contribution in [0.1, 0.15) is 11.1 Å². The number of hydrogen-bond donors (Lipinski definition) is 2. The summed E-state index contributed by atoms with van der Waals surface area (Å²) < 4.78 is 0. The summed E-state index contributed by atoms with van der Waals surface area (Å²) in [5, 5.41) is 18.4. The quantitative estimate of drug-likeness (QED) is 0.811. The molecule has 22 heavy (non-hydrogen) atoms. The number of hydrogen-bond acceptors (Lipinski definition) is 6. The maximum atomic E-state index is 11.7. The Balaban J connectivity index is 1.82. The molecule has 7 heteroatoms. The van der Waals surface area contributed by atoms with Crippen molar-refractivity contribution in [1.29, 1.82) is 0 Å². The van der Waals surface area contributed by atoms with Crippen molar-refractivity contribution in [3.8, 4) is 0 Å². The van der Waals surface area contributed by atoms with E-state index in [1.165, 1.54) is 0 Å². The van der Waals surface area contributed by atoms with Gasteiger partial charge in [0.25, 0.3) is 5.91 Å². The van der Waals surface area contributed by atoms with Crippen LogP contribution in [0.15, 0.2) is 36.5 Å². The fourth-order valence-electron chi connectivity index (χ4n) is 2.56. The number of carbonyl (C=O) groups is 1. The van der Waals surface area contributed by atoms with Crippen LogP contribution >= 0.6 is 0 Å². The van der Waals surface area contributed by atoms with Crippen LogP contribution in [0.25, 0.3) is 0 Å². The Labute approximate surface area is 127 Å². The normalized spacial score (nSPS) is 17.3. The Morgan fingerprint density at radius 3 is 3.00 bits per heavy atom. The number of aromatic nitrogens is 2. The molecule has 0 fully saturated rings. The van der Waals surface area contributed by atoms with Gasteiger partial charge >= 0.3 is 0 Å². The first-order valence-corrected chi connectivity index (χ1v) is 6.95. The number of carbonyl (C=O) groups excluding carboxylic acids is 1. The minimum absolute atomic E-state index is 0.425. The maximum Gasteiger partial charge on any atom is 0.267 e.